The van der Waals surface area contributed by atoms with E-state index < -0.39 is 5.97 Å². The van der Waals surface area contributed by atoms with Crippen LogP contribution in [-0.4, -0.2) is 18.9 Å². The Morgan fingerprint density at radius 2 is 1.79 bits per heavy atom. The number of Topliss-reactive ketones (excluding diaryl/α,β-unsaturated/α-hetero) is 1. The summed E-state index contributed by atoms with van der Waals surface area (Å²) in [5.41, 5.74) is 1.36. The molecule has 3 aromatic carbocycles. The molecule has 0 bridgehead atoms. The molecule has 0 unspecified atom stereocenters. The van der Waals surface area contributed by atoms with Gasteiger partial charge in [0.15, 0.2) is 5.76 Å². The van der Waals surface area contributed by atoms with E-state index in [1.807, 2.05) is 0 Å². The molecule has 1 heterocycles. The van der Waals surface area contributed by atoms with Gasteiger partial charge >= 0.3 is 5.97 Å². The van der Waals surface area contributed by atoms with Crippen molar-refractivity contribution in [2.75, 3.05) is 7.11 Å². The van der Waals surface area contributed by atoms with Crippen molar-refractivity contribution in [1.82, 2.24) is 0 Å². The fourth-order valence-corrected chi connectivity index (χ4v) is 3.00. The highest BCUT2D eigenvalue weighted by Gasteiger charge is 2.28. The molecule has 0 aliphatic carbocycles. The Morgan fingerprint density at radius 3 is 2.55 bits per heavy atom. The third kappa shape index (κ3) is 3.86. The maximum Gasteiger partial charge on any atom is 0.343 e. The van der Waals surface area contributed by atoms with Gasteiger partial charge in [-0.3, -0.25) is 4.79 Å². The summed E-state index contributed by atoms with van der Waals surface area (Å²) in [4.78, 5) is 25.1. The first-order valence-electron chi connectivity index (χ1n) is 8.74. The van der Waals surface area contributed by atoms with Crippen LogP contribution in [0.15, 0.2) is 72.5 Å². The SMILES string of the molecule is COc1ccc2c(c1)O/C(=C\c1ccccc1OC(=O)c1ccc(Cl)cc1)C2=O. The van der Waals surface area contributed by atoms with Crippen molar-refractivity contribution in [2.45, 2.75) is 0 Å². The standard InChI is InChI=1S/C23H15ClO5/c1-27-17-10-11-18-20(13-17)28-21(22(18)25)12-15-4-2-3-5-19(15)29-23(26)14-6-8-16(24)9-7-14/h2-13H,1H3/b21-12-. The number of allylic oxidation sites excluding steroid dienone is 1. The van der Waals surface area contributed by atoms with Crippen LogP contribution >= 0.6 is 11.6 Å². The van der Waals surface area contributed by atoms with Crippen molar-refractivity contribution >= 4 is 29.4 Å². The van der Waals surface area contributed by atoms with Crippen LogP contribution in [0.25, 0.3) is 6.08 Å². The van der Waals surface area contributed by atoms with Crippen LogP contribution in [-0.2, 0) is 0 Å². The first-order valence-corrected chi connectivity index (χ1v) is 9.12. The van der Waals surface area contributed by atoms with Gasteiger partial charge in [0, 0.05) is 16.7 Å². The van der Waals surface area contributed by atoms with Crippen molar-refractivity contribution in [2.24, 2.45) is 0 Å². The number of ketones is 1. The lowest BCUT2D eigenvalue weighted by Gasteiger charge is -2.08. The van der Waals surface area contributed by atoms with Gasteiger partial charge < -0.3 is 14.2 Å². The number of ether oxygens (including phenoxy) is 3. The lowest BCUT2D eigenvalue weighted by atomic mass is 10.1. The van der Waals surface area contributed by atoms with Crippen molar-refractivity contribution in [3.8, 4) is 17.2 Å². The zero-order chi connectivity index (χ0) is 20.4. The maximum atomic E-state index is 12.6. The Balaban J connectivity index is 1.61. The minimum Gasteiger partial charge on any atom is -0.497 e. The summed E-state index contributed by atoms with van der Waals surface area (Å²) >= 11 is 5.85. The summed E-state index contributed by atoms with van der Waals surface area (Å²) < 4.78 is 16.4. The van der Waals surface area contributed by atoms with E-state index in [0.29, 0.717) is 39.0 Å². The molecular weight excluding hydrogens is 392 g/mol. The quantitative estimate of drug-likeness (QED) is 0.339. The largest absolute Gasteiger partial charge is 0.497 e. The maximum absolute atomic E-state index is 12.6. The molecule has 0 saturated carbocycles. The van der Waals surface area contributed by atoms with Gasteiger partial charge in [0.1, 0.15) is 17.2 Å². The summed E-state index contributed by atoms with van der Waals surface area (Å²) in [5.74, 6) is 0.695. The summed E-state index contributed by atoms with van der Waals surface area (Å²) in [6.45, 7) is 0. The zero-order valence-electron chi connectivity index (χ0n) is 15.3. The second-order valence-corrected chi connectivity index (χ2v) is 6.67. The molecule has 1 aliphatic heterocycles. The summed E-state index contributed by atoms with van der Waals surface area (Å²) in [6, 6.07) is 18.3. The first kappa shape index (κ1) is 18.8. The van der Waals surface area contributed by atoms with E-state index in [-0.39, 0.29) is 11.5 Å². The molecular formula is C23H15ClO5. The predicted octanol–water partition coefficient (Wildman–Crippen LogP) is 5.18. The molecule has 0 fully saturated rings. The molecule has 1 aliphatic rings. The van der Waals surface area contributed by atoms with Gasteiger partial charge in [-0.25, -0.2) is 4.79 Å². The Hall–Kier alpha value is -3.57. The molecule has 5 nitrogen and oxygen atoms in total. The van der Waals surface area contributed by atoms with Crippen LogP contribution in [0.3, 0.4) is 0 Å². The van der Waals surface area contributed by atoms with E-state index in [2.05, 4.69) is 0 Å². The van der Waals surface area contributed by atoms with Gasteiger partial charge in [-0.05, 0) is 48.5 Å². The molecule has 144 valence electrons. The third-order valence-corrected chi connectivity index (χ3v) is 4.62. The van der Waals surface area contributed by atoms with E-state index in [0.717, 1.165) is 0 Å². The van der Waals surface area contributed by atoms with Gasteiger partial charge in [-0.15, -0.1) is 0 Å². The number of halogens is 1. The van der Waals surface area contributed by atoms with E-state index in [4.69, 9.17) is 25.8 Å². The molecule has 0 saturated heterocycles. The van der Waals surface area contributed by atoms with Crippen molar-refractivity contribution in [3.05, 3.63) is 94.2 Å². The van der Waals surface area contributed by atoms with Gasteiger partial charge in [0.05, 0.1) is 18.2 Å². The number of hydrogen-bond donors (Lipinski definition) is 0. The Kier molecular flexibility index (Phi) is 5.06. The van der Waals surface area contributed by atoms with Crippen molar-refractivity contribution < 1.29 is 23.8 Å². The highest BCUT2D eigenvalue weighted by atomic mass is 35.5. The third-order valence-electron chi connectivity index (χ3n) is 4.37. The van der Waals surface area contributed by atoms with E-state index in [1.54, 1.807) is 79.9 Å². The normalized spacial score (nSPS) is 13.7. The number of fused-ring (bicyclic) bond motifs is 1. The first-order chi connectivity index (χ1) is 14.0. The minimum atomic E-state index is -0.529. The number of carbonyl (C=O) groups excluding carboxylic acids is 2. The monoisotopic (exact) mass is 406 g/mol. The lowest BCUT2D eigenvalue weighted by Crippen LogP contribution is -2.09. The van der Waals surface area contributed by atoms with E-state index >= 15 is 0 Å². The second kappa shape index (κ2) is 7.81. The molecule has 0 radical (unpaired) electrons. The van der Waals surface area contributed by atoms with Crippen LogP contribution in [0.5, 0.6) is 17.2 Å². The fourth-order valence-electron chi connectivity index (χ4n) is 2.87. The van der Waals surface area contributed by atoms with Crippen LogP contribution in [0.2, 0.25) is 5.02 Å². The van der Waals surface area contributed by atoms with Crippen LogP contribution in [0.4, 0.5) is 0 Å². The van der Waals surface area contributed by atoms with E-state index in [1.165, 1.54) is 0 Å². The molecule has 29 heavy (non-hydrogen) atoms. The molecule has 0 spiro atoms. The Labute approximate surface area is 172 Å². The summed E-state index contributed by atoms with van der Waals surface area (Å²) in [7, 11) is 1.54. The number of hydrogen-bond acceptors (Lipinski definition) is 5. The number of esters is 1. The zero-order valence-corrected chi connectivity index (χ0v) is 16.1. The van der Waals surface area contributed by atoms with Gasteiger partial charge in [-0.1, -0.05) is 29.8 Å². The molecule has 6 heteroatoms. The number of benzene rings is 3. The van der Waals surface area contributed by atoms with E-state index in [9.17, 15) is 9.59 Å². The molecule has 0 aromatic heterocycles. The number of para-hydroxylation sites is 1. The Bertz CT molecular complexity index is 1130. The molecule has 4 rings (SSSR count). The predicted molar refractivity (Wildman–Crippen MR) is 109 cm³/mol. The molecule has 0 atom stereocenters. The second-order valence-electron chi connectivity index (χ2n) is 6.24. The highest BCUT2D eigenvalue weighted by molar-refractivity contribution is 6.30. The average Bonchev–Trinajstić information content (AvgIpc) is 3.04. The number of rotatable bonds is 4. The van der Waals surface area contributed by atoms with Gasteiger partial charge in [0.25, 0.3) is 0 Å². The average molecular weight is 407 g/mol. The summed E-state index contributed by atoms with van der Waals surface area (Å²) in [6.07, 6.45) is 1.55. The molecule has 3 aromatic rings. The van der Waals surface area contributed by atoms with Crippen molar-refractivity contribution in [3.63, 3.8) is 0 Å². The minimum absolute atomic E-state index is 0.142. The van der Waals surface area contributed by atoms with Crippen LogP contribution in [0.1, 0.15) is 26.3 Å². The molecule has 0 amide bonds. The fraction of sp³-hybridized carbons (Fsp3) is 0.0435. The lowest BCUT2D eigenvalue weighted by molar-refractivity contribution is 0.0734. The Morgan fingerprint density at radius 1 is 1.03 bits per heavy atom. The van der Waals surface area contributed by atoms with Crippen LogP contribution in [0, 0.1) is 0 Å². The number of methoxy groups -OCH3 is 1. The molecule has 0 N–H and O–H groups in total. The number of carbonyl (C=O) groups is 2. The topological polar surface area (TPSA) is 61.8 Å². The smallest absolute Gasteiger partial charge is 0.343 e. The van der Waals surface area contributed by atoms with Gasteiger partial charge in [-0.2, -0.15) is 0 Å². The summed E-state index contributed by atoms with van der Waals surface area (Å²) in [5, 5.41) is 0.528. The van der Waals surface area contributed by atoms with Crippen LogP contribution < -0.4 is 14.2 Å². The van der Waals surface area contributed by atoms with Gasteiger partial charge in [0.2, 0.25) is 5.78 Å². The highest BCUT2D eigenvalue weighted by Crippen LogP contribution is 2.35. The van der Waals surface area contributed by atoms with Crippen molar-refractivity contribution in [1.29, 1.82) is 0 Å².